The Kier molecular flexibility index (Phi) is 5.58. The minimum absolute atomic E-state index is 0.0637. The normalized spacial score (nSPS) is 19.1. The van der Waals surface area contributed by atoms with Crippen molar-refractivity contribution < 1.29 is 13.5 Å². The van der Waals surface area contributed by atoms with Crippen LogP contribution >= 0.6 is 0 Å². The third-order valence-corrected chi connectivity index (χ3v) is 3.77. The minimum atomic E-state index is -2.04. The monoisotopic (exact) mass is 295 g/mol. The quantitative estimate of drug-likeness (QED) is 0.610. The summed E-state index contributed by atoms with van der Waals surface area (Å²) in [6.07, 6.45) is 5.03. The van der Waals surface area contributed by atoms with Crippen molar-refractivity contribution in [3.05, 3.63) is 47.8 Å². The fourth-order valence-corrected chi connectivity index (χ4v) is 2.69. The van der Waals surface area contributed by atoms with E-state index in [1.807, 2.05) is 36.7 Å². The van der Waals surface area contributed by atoms with Gasteiger partial charge in [0.15, 0.2) is 0 Å². The van der Waals surface area contributed by atoms with Gasteiger partial charge >= 0.3 is 0 Å². The van der Waals surface area contributed by atoms with Crippen molar-refractivity contribution in [3.8, 4) is 0 Å². The van der Waals surface area contributed by atoms with Gasteiger partial charge in [0.2, 0.25) is 0 Å². The number of rotatable bonds is 7. The smallest absolute Gasteiger partial charge is 0.125 e. The van der Waals surface area contributed by atoms with Crippen LogP contribution in [0.3, 0.4) is 0 Å². The largest absolute Gasteiger partial charge is 0.772 e. The molecule has 0 aliphatic carbocycles. The zero-order chi connectivity index (χ0) is 14.4. The van der Waals surface area contributed by atoms with Crippen molar-refractivity contribution in [2.45, 2.75) is 18.3 Å². The molecule has 1 N–H and O–H groups in total. The van der Waals surface area contributed by atoms with E-state index in [4.69, 9.17) is 4.74 Å². The molecule has 5 nitrogen and oxygen atoms in total. The molecule has 1 heterocycles. The van der Waals surface area contributed by atoms with E-state index in [0.717, 1.165) is 30.7 Å². The molecular weight excluding hydrogens is 276 g/mol. The van der Waals surface area contributed by atoms with Crippen molar-refractivity contribution in [2.75, 3.05) is 20.3 Å². The molecule has 0 fully saturated rings. The van der Waals surface area contributed by atoms with Crippen LogP contribution in [0.1, 0.15) is 23.7 Å². The molecule has 1 aliphatic heterocycles. The molecule has 0 saturated carbocycles. The number of nitrogens with one attached hydrogen (secondary N) is 1. The van der Waals surface area contributed by atoms with Crippen LogP contribution in [0.15, 0.2) is 36.7 Å². The third kappa shape index (κ3) is 4.06. The number of nitrogens with zero attached hydrogens (tertiary/aromatic N) is 1. The predicted octanol–water partition coefficient (Wildman–Crippen LogP) is 1.48. The fourth-order valence-electron chi connectivity index (χ4n) is 2.23. The molecule has 6 heteroatoms. The molecule has 2 atom stereocenters. The van der Waals surface area contributed by atoms with Gasteiger partial charge in [-0.2, -0.15) is 0 Å². The van der Waals surface area contributed by atoms with E-state index in [1.54, 1.807) is 7.11 Å². The summed E-state index contributed by atoms with van der Waals surface area (Å²) in [5.41, 5.74) is 1.92. The Labute approximate surface area is 121 Å². The van der Waals surface area contributed by atoms with Crippen LogP contribution < -0.4 is 5.32 Å². The molecule has 1 aromatic rings. The Morgan fingerprint density at radius 3 is 2.80 bits per heavy atom. The molecule has 0 spiro atoms. The highest BCUT2D eigenvalue weighted by atomic mass is 32.2. The summed E-state index contributed by atoms with van der Waals surface area (Å²) in [6, 6.07) is 7.66. The van der Waals surface area contributed by atoms with E-state index >= 15 is 0 Å². The zero-order valence-electron chi connectivity index (χ0n) is 11.5. The second kappa shape index (κ2) is 7.42. The molecule has 0 bridgehead atoms. The summed E-state index contributed by atoms with van der Waals surface area (Å²) in [5, 5.41) is 3.29. The third-order valence-electron chi connectivity index (χ3n) is 3.20. The van der Waals surface area contributed by atoms with Gasteiger partial charge in [-0.1, -0.05) is 35.3 Å². The topological polar surface area (TPSA) is 64.6 Å². The number of hydrogen-bond acceptors (Lipinski definition) is 5. The Morgan fingerprint density at radius 1 is 1.40 bits per heavy atom. The molecule has 0 aromatic heterocycles. The van der Waals surface area contributed by atoms with Gasteiger partial charge in [-0.15, -0.1) is 0 Å². The second-order valence-corrected chi connectivity index (χ2v) is 5.55. The number of ether oxygens (including phenoxy) is 1. The highest BCUT2D eigenvalue weighted by Crippen LogP contribution is 2.23. The summed E-state index contributed by atoms with van der Waals surface area (Å²) in [4.78, 5) is 2.21. The lowest BCUT2D eigenvalue weighted by Gasteiger charge is -2.26. The summed E-state index contributed by atoms with van der Waals surface area (Å²) >= 11 is -2.04. The summed E-state index contributed by atoms with van der Waals surface area (Å²) < 4.78 is 26.4. The van der Waals surface area contributed by atoms with Gasteiger partial charge in [0.25, 0.3) is 0 Å². The maximum absolute atomic E-state index is 10.7. The predicted molar refractivity (Wildman–Crippen MR) is 77.3 cm³/mol. The highest BCUT2D eigenvalue weighted by molar-refractivity contribution is 7.78. The molecular formula is C14H19N2O3S-. The number of benzene rings is 1. The average molecular weight is 295 g/mol. The van der Waals surface area contributed by atoms with Crippen molar-refractivity contribution in [3.63, 3.8) is 0 Å². The molecule has 20 heavy (non-hydrogen) atoms. The molecule has 0 radical (unpaired) electrons. The van der Waals surface area contributed by atoms with Crippen LogP contribution in [-0.2, 0) is 21.6 Å². The van der Waals surface area contributed by atoms with E-state index < -0.39 is 11.1 Å². The van der Waals surface area contributed by atoms with E-state index in [0.29, 0.717) is 0 Å². The Balaban J connectivity index is 1.97. The number of methoxy groups -OCH3 is 1. The van der Waals surface area contributed by atoms with E-state index in [1.165, 1.54) is 0 Å². The van der Waals surface area contributed by atoms with Crippen molar-refractivity contribution >= 4 is 11.1 Å². The molecule has 0 saturated heterocycles. The first-order valence-corrected chi connectivity index (χ1v) is 7.77. The van der Waals surface area contributed by atoms with Gasteiger partial charge in [0, 0.05) is 38.4 Å². The lowest BCUT2D eigenvalue weighted by Crippen LogP contribution is -2.28. The number of hydrogen-bond donors (Lipinski definition) is 1. The van der Waals surface area contributed by atoms with Crippen LogP contribution in [-0.4, -0.2) is 33.9 Å². The van der Waals surface area contributed by atoms with Crippen LogP contribution in [0, 0.1) is 0 Å². The summed E-state index contributed by atoms with van der Waals surface area (Å²) in [5.74, 6) is 0.0637. The van der Waals surface area contributed by atoms with E-state index in [9.17, 15) is 8.76 Å². The van der Waals surface area contributed by atoms with Crippen LogP contribution in [0.5, 0.6) is 0 Å². The van der Waals surface area contributed by atoms with Gasteiger partial charge < -0.3 is 19.5 Å². The molecule has 110 valence electrons. The summed E-state index contributed by atoms with van der Waals surface area (Å²) in [7, 11) is 1.70. The first-order valence-electron chi connectivity index (χ1n) is 6.53. The van der Waals surface area contributed by atoms with Gasteiger partial charge in [0.1, 0.15) is 6.17 Å². The fraction of sp³-hybridized carbons (Fsp3) is 0.429. The van der Waals surface area contributed by atoms with Gasteiger partial charge in [-0.3, -0.25) is 4.21 Å². The van der Waals surface area contributed by atoms with Crippen molar-refractivity contribution in [1.29, 1.82) is 0 Å². The first kappa shape index (κ1) is 15.0. The van der Waals surface area contributed by atoms with Crippen LogP contribution in [0.25, 0.3) is 0 Å². The van der Waals surface area contributed by atoms with Crippen LogP contribution in [0.4, 0.5) is 0 Å². The molecule has 1 aliphatic rings. The Bertz CT molecular complexity index is 476. The van der Waals surface area contributed by atoms with Gasteiger partial charge in [0.05, 0.1) is 0 Å². The van der Waals surface area contributed by atoms with Crippen LogP contribution in [0.2, 0.25) is 0 Å². The average Bonchev–Trinajstić information content (AvgIpc) is 2.88. The SMILES string of the molecule is COCCCN1C=CNC1c1ccc(CS(=O)[O-])cc1. The van der Waals surface area contributed by atoms with E-state index in [-0.39, 0.29) is 11.9 Å². The Hall–Kier alpha value is -1.37. The maximum atomic E-state index is 10.7. The lowest BCUT2D eigenvalue weighted by atomic mass is 10.1. The minimum Gasteiger partial charge on any atom is -0.772 e. The zero-order valence-corrected chi connectivity index (χ0v) is 12.3. The maximum Gasteiger partial charge on any atom is 0.125 e. The van der Waals surface area contributed by atoms with Crippen molar-refractivity contribution in [1.82, 2.24) is 10.2 Å². The molecule has 2 rings (SSSR count). The van der Waals surface area contributed by atoms with Gasteiger partial charge in [-0.05, 0) is 17.5 Å². The first-order chi connectivity index (χ1) is 9.70. The highest BCUT2D eigenvalue weighted by Gasteiger charge is 2.19. The summed E-state index contributed by atoms with van der Waals surface area (Å²) in [6.45, 7) is 1.65. The Morgan fingerprint density at radius 2 is 2.15 bits per heavy atom. The molecule has 1 aromatic carbocycles. The van der Waals surface area contributed by atoms with Gasteiger partial charge in [-0.25, -0.2) is 0 Å². The molecule has 0 amide bonds. The standard InChI is InChI=1S/C14H20N2O3S/c1-19-10-2-8-16-9-7-15-14(16)13-5-3-12(4-6-13)11-20(17)18/h3-7,9,14-15H,2,8,10-11H2,1H3,(H,17,18)/p-1. The van der Waals surface area contributed by atoms with E-state index in [2.05, 4.69) is 10.2 Å². The second-order valence-electron chi connectivity index (χ2n) is 4.66. The molecule has 2 unspecified atom stereocenters. The van der Waals surface area contributed by atoms with Crippen molar-refractivity contribution in [2.24, 2.45) is 0 Å². The lowest BCUT2D eigenvalue weighted by molar-refractivity contribution is 0.174.